The summed E-state index contributed by atoms with van der Waals surface area (Å²) < 4.78 is 22.8. The summed E-state index contributed by atoms with van der Waals surface area (Å²) in [6.45, 7) is 7.54. The van der Waals surface area contributed by atoms with Crippen molar-refractivity contribution in [3.63, 3.8) is 0 Å². The van der Waals surface area contributed by atoms with Gasteiger partial charge in [0.1, 0.15) is 0 Å². The molecule has 120 valence electrons. The molecule has 1 N–H and O–H groups in total. The molecule has 0 fully saturated rings. The number of aromatic nitrogens is 1. The highest BCUT2D eigenvalue weighted by molar-refractivity contribution is 7.91. The third-order valence-corrected chi connectivity index (χ3v) is 5.97. The van der Waals surface area contributed by atoms with E-state index < -0.39 is 9.84 Å². The Hall–Kier alpha value is -1.15. The Bertz CT molecular complexity index is 596. The smallest absolute Gasteiger partial charge is 0.317 e. The number of nitrogens with one attached hydrogen (secondary N) is 1. The van der Waals surface area contributed by atoms with Crippen molar-refractivity contribution in [2.45, 2.75) is 33.7 Å². The summed E-state index contributed by atoms with van der Waals surface area (Å²) in [4.78, 5) is 19.1. The van der Waals surface area contributed by atoms with Crippen LogP contribution in [-0.2, 0) is 9.84 Å². The fourth-order valence-corrected chi connectivity index (χ4v) is 3.48. The number of hydrogen-bond acceptors (Lipinski definition) is 5. The maximum Gasteiger partial charge on any atom is 0.317 e. The summed E-state index contributed by atoms with van der Waals surface area (Å²) in [7, 11) is -1.38. The molecule has 21 heavy (non-hydrogen) atoms. The molecule has 6 nitrogen and oxygen atoms in total. The maximum absolute atomic E-state index is 12.0. The number of carbonyl (C=O) groups excluding carboxylic acids is 1. The largest absolute Gasteiger partial charge is 0.337 e. The Kier molecular flexibility index (Phi) is 6.15. The average Bonchev–Trinajstić information content (AvgIpc) is 2.75. The summed E-state index contributed by atoms with van der Waals surface area (Å²) in [5, 5.41) is 3.60. The molecule has 0 radical (unpaired) electrons. The van der Waals surface area contributed by atoms with Crippen LogP contribution in [0.15, 0.2) is 0 Å². The number of amides is 2. The first-order chi connectivity index (χ1) is 9.68. The van der Waals surface area contributed by atoms with Gasteiger partial charge in [-0.15, -0.1) is 11.3 Å². The van der Waals surface area contributed by atoms with Crippen molar-refractivity contribution in [1.29, 1.82) is 0 Å². The minimum absolute atomic E-state index is 0.0354. The lowest BCUT2D eigenvalue weighted by Crippen LogP contribution is -2.41. The van der Waals surface area contributed by atoms with E-state index in [9.17, 15) is 13.2 Å². The molecule has 1 aromatic heterocycles. The van der Waals surface area contributed by atoms with Gasteiger partial charge in [0.05, 0.1) is 22.5 Å². The van der Waals surface area contributed by atoms with Crippen LogP contribution in [0.2, 0.25) is 0 Å². The van der Waals surface area contributed by atoms with Crippen LogP contribution in [0.3, 0.4) is 0 Å². The zero-order valence-electron chi connectivity index (χ0n) is 13.1. The van der Waals surface area contributed by atoms with E-state index in [1.54, 1.807) is 30.2 Å². The molecule has 1 aromatic rings. The minimum Gasteiger partial charge on any atom is -0.337 e. The first kappa shape index (κ1) is 17.9. The maximum atomic E-state index is 12.0. The number of thiazole rings is 1. The Morgan fingerprint density at radius 2 is 2.05 bits per heavy atom. The molecule has 0 spiro atoms. The Morgan fingerprint density at radius 3 is 2.52 bits per heavy atom. The number of urea groups is 1. The van der Waals surface area contributed by atoms with Crippen LogP contribution in [0, 0.1) is 13.8 Å². The number of carbonyl (C=O) groups is 1. The van der Waals surface area contributed by atoms with Crippen LogP contribution in [0.4, 0.5) is 4.79 Å². The van der Waals surface area contributed by atoms with E-state index in [0.29, 0.717) is 0 Å². The zero-order valence-corrected chi connectivity index (χ0v) is 14.8. The van der Waals surface area contributed by atoms with Crippen LogP contribution < -0.4 is 5.32 Å². The SMILES string of the molecule is CCS(=O)(=O)CCNC(=O)N(C)[C@H](C)c1nc(C)sc1C. The summed E-state index contributed by atoms with van der Waals surface area (Å²) in [6.07, 6.45) is 0. The van der Waals surface area contributed by atoms with E-state index in [1.807, 2.05) is 20.8 Å². The standard InChI is InChI=1S/C13H23N3O3S2/c1-6-21(18,19)8-7-14-13(17)16(5)9(2)12-10(3)20-11(4)15-12/h9H,6-8H2,1-5H3,(H,14,17)/t9-/m1/s1. The second-order valence-corrected chi connectivity index (χ2v) is 8.81. The topological polar surface area (TPSA) is 79.4 Å². The van der Waals surface area contributed by atoms with Gasteiger partial charge in [0.2, 0.25) is 0 Å². The molecule has 0 bridgehead atoms. The van der Waals surface area contributed by atoms with Gasteiger partial charge in [-0.2, -0.15) is 0 Å². The van der Waals surface area contributed by atoms with Gasteiger partial charge < -0.3 is 10.2 Å². The third kappa shape index (κ3) is 4.96. The van der Waals surface area contributed by atoms with Crippen molar-refractivity contribution in [3.05, 3.63) is 15.6 Å². The molecule has 1 rings (SSSR count). The molecule has 0 aromatic carbocycles. The van der Waals surface area contributed by atoms with Crippen LogP contribution in [0.5, 0.6) is 0 Å². The Balaban J connectivity index is 2.60. The van der Waals surface area contributed by atoms with Gasteiger partial charge in [-0.05, 0) is 20.8 Å². The molecule has 0 unspecified atom stereocenters. The number of aryl methyl sites for hydroxylation is 2. The molecule has 2 amide bonds. The summed E-state index contributed by atoms with van der Waals surface area (Å²) >= 11 is 1.60. The van der Waals surface area contributed by atoms with Gasteiger partial charge in [-0.1, -0.05) is 6.92 Å². The van der Waals surface area contributed by atoms with E-state index in [4.69, 9.17) is 0 Å². The monoisotopic (exact) mass is 333 g/mol. The quantitative estimate of drug-likeness (QED) is 0.862. The molecule has 0 saturated heterocycles. The minimum atomic E-state index is -3.06. The highest BCUT2D eigenvalue weighted by Gasteiger charge is 2.21. The number of sulfone groups is 1. The molecular formula is C13H23N3O3S2. The molecule has 1 atom stereocenters. The summed E-state index contributed by atoms with van der Waals surface area (Å²) in [5.74, 6) is 0.0543. The summed E-state index contributed by atoms with van der Waals surface area (Å²) in [6, 6.07) is -0.448. The first-order valence-electron chi connectivity index (χ1n) is 6.83. The van der Waals surface area contributed by atoms with Crippen LogP contribution >= 0.6 is 11.3 Å². The van der Waals surface area contributed by atoms with E-state index in [1.165, 1.54) is 0 Å². The lowest BCUT2D eigenvalue weighted by Gasteiger charge is -2.24. The molecule has 0 aliphatic rings. The van der Waals surface area contributed by atoms with Crippen molar-refractivity contribution in [3.8, 4) is 0 Å². The van der Waals surface area contributed by atoms with Crippen molar-refractivity contribution in [1.82, 2.24) is 15.2 Å². The fraction of sp³-hybridized carbons (Fsp3) is 0.692. The first-order valence-corrected chi connectivity index (χ1v) is 9.46. The highest BCUT2D eigenvalue weighted by atomic mass is 32.2. The van der Waals surface area contributed by atoms with E-state index in [2.05, 4.69) is 10.3 Å². The van der Waals surface area contributed by atoms with Crippen molar-refractivity contribution >= 4 is 27.2 Å². The van der Waals surface area contributed by atoms with Crippen LogP contribution in [0.1, 0.15) is 35.5 Å². The fourth-order valence-electron chi connectivity index (χ4n) is 1.87. The second-order valence-electron chi connectivity index (χ2n) is 4.93. The van der Waals surface area contributed by atoms with Gasteiger partial charge in [-0.3, -0.25) is 0 Å². The summed E-state index contributed by atoms with van der Waals surface area (Å²) in [5.41, 5.74) is 0.885. The number of rotatable bonds is 6. The Labute approximate surface area is 130 Å². The number of hydrogen-bond donors (Lipinski definition) is 1. The zero-order chi connectivity index (χ0) is 16.2. The van der Waals surface area contributed by atoms with Gasteiger partial charge in [0.15, 0.2) is 9.84 Å². The molecule has 0 aliphatic heterocycles. The van der Waals surface area contributed by atoms with Gasteiger partial charge >= 0.3 is 6.03 Å². The van der Waals surface area contributed by atoms with Crippen molar-refractivity contribution in [2.75, 3.05) is 25.1 Å². The highest BCUT2D eigenvalue weighted by Crippen LogP contribution is 2.25. The third-order valence-electron chi connectivity index (χ3n) is 3.37. The normalized spacial score (nSPS) is 13.0. The lowest BCUT2D eigenvalue weighted by molar-refractivity contribution is 0.194. The lowest BCUT2D eigenvalue weighted by atomic mass is 10.2. The molecule has 8 heteroatoms. The van der Waals surface area contributed by atoms with Crippen LogP contribution in [-0.4, -0.2) is 49.4 Å². The predicted molar refractivity (Wildman–Crippen MR) is 85.5 cm³/mol. The van der Waals surface area contributed by atoms with Crippen molar-refractivity contribution < 1.29 is 13.2 Å². The van der Waals surface area contributed by atoms with Crippen molar-refractivity contribution in [2.24, 2.45) is 0 Å². The van der Waals surface area contributed by atoms with Crippen LogP contribution in [0.25, 0.3) is 0 Å². The van der Waals surface area contributed by atoms with Gasteiger partial charge in [0.25, 0.3) is 0 Å². The predicted octanol–water partition coefficient (Wildman–Crippen LogP) is 1.90. The molecular weight excluding hydrogens is 310 g/mol. The Morgan fingerprint density at radius 1 is 1.43 bits per heavy atom. The molecule has 0 aliphatic carbocycles. The van der Waals surface area contributed by atoms with E-state index in [0.717, 1.165) is 15.6 Å². The average molecular weight is 333 g/mol. The van der Waals surface area contributed by atoms with Gasteiger partial charge in [0, 0.05) is 24.2 Å². The molecule has 0 saturated carbocycles. The number of nitrogens with zero attached hydrogens (tertiary/aromatic N) is 2. The van der Waals surface area contributed by atoms with Gasteiger partial charge in [-0.25, -0.2) is 18.2 Å². The van der Waals surface area contributed by atoms with E-state index in [-0.39, 0.29) is 30.1 Å². The molecule has 1 heterocycles. The second kappa shape index (κ2) is 7.22. The van der Waals surface area contributed by atoms with E-state index >= 15 is 0 Å².